The van der Waals surface area contributed by atoms with Gasteiger partial charge in [0.2, 0.25) is 5.91 Å². The van der Waals surface area contributed by atoms with E-state index >= 15 is 0 Å². The molecule has 17 heavy (non-hydrogen) atoms. The van der Waals surface area contributed by atoms with E-state index in [1.54, 1.807) is 18.5 Å². The van der Waals surface area contributed by atoms with E-state index in [4.69, 9.17) is 5.73 Å². The maximum atomic E-state index is 11.2. The van der Waals surface area contributed by atoms with Gasteiger partial charge in [-0.25, -0.2) is 0 Å². The quantitative estimate of drug-likeness (QED) is 0.800. The number of aromatic nitrogens is 2. The maximum Gasteiger partial charge on any atom is 0.237 e. The molecule has 5 nitrogen and oxygen atoms in total. The fourth-order valence-electron chi connectivity index (χ4n) is 1.58. The third kappa shape index (κ3) is 3.30. The lowest BCUT2D eigenvalue weighted by molar-refractivity contribution is -0.123. The Morgan fingerprint density at radius 2 is 2.18 bits per heavy atom. The molecule has 3 N–H and O–H groups in total. The number of carbonyl (C=O) groups is 1. The largest absolute Gasteiger partial charge is 0.368 e. The van der Waals surface area contributed by atoms with Gasteiger partial charge in [0.05, 0.1) is 11.2 Å². The fourth-order valence-corrected chi connectivity index (χ4v) is 1.58. The van der Waals surface area contributed by atoms with E-state index in [1.165, 1.54) is 0 Å². The first-order valence-corrected chi connectivity index (χ1v) is 5.81. The second kappa shape index (κ2) is 4.87. The summed E-state index contributed by atoms with van der Waals surface area (Å²) in [6, 6.07) is 0. The lowest BCUT2D eigenvalue weighted by Gasteiger charge is -2.22. The van der Waals surface area contributed by atoms with Crippen molar-refractivity contribution in [2.24, 2.45) is 12.8 Å². The molecule has 0 aliphatic heterocycles. The molecule has 0 aliphatic carbocycles. The van der Waals surface area contributed by atoms with Crippen LogP contribution in [0.3, 0.4) is 0 Å². The Hall–Kier alpha value is -1.36. The molecule has 1 rings (SSSR count). The van der Waals surface area contributed by atoms with E-state index in [0.717, 1.165) is 11.3 Å². The molecule has 0 radical (unpaired) electrons. The van der Waals surface area contributed by atoms with E-state index in [1.807, 2.05) is 13.2 Å². The first-order chi connectivity index (χ1) is 7.74. The lowest BCUT2D eigenvalue weighted by Crippen LogP contribution is -2.50. The number of amides is 1. The van der Waals surface area contributed by atoms with Crippen LogP contribution in [-0.2, 0) is 18.4 Å². The zero-order chi connectivity index (χ0) is 13.2. The highest BCUT2D eigenvalue weighted by Crippen LogP contribution is 2.17. The molecule has 0 atom stereocenters. The third-order valence-electron chi connectivity index (χ3n) is 2.82. The smallest absolute Gasteiger partial charge is 0.237 e. The molecule has 0 saturated heterocycles. The monoisotopic (exact) mass is 238 g/mol. The summed E-state index contributed by atoms with van der Waals surface area (Å²) in [6.07, 6.45) is 1.97. The van der Waals surface area contributed by atoms with Crippen LogP contribution in [0.25, 0.3) is 0 Å². The number of rotatable bonds is 5. The van der Waals surface area contributed by atoms with E-state index in [-0.39, 0.29) is 5.91 Å². The van der Waals surface area contributed by atoms with Crippen LogP contribution in [0.4, 0.5) is 0 Å². The summed E-state index contributed by atoms with van der Waals surface area (Å²) in [4.78, 5) is 11.2. The van der Waals surface area contributed by atoms with Gasteiger partial charge < -0.3 is 5.73 Å². The fraction of sp³-hybridized carbons (Fsp3) is 0.667. The molecule has 0 aliphatic rings. The Morgan fingerprint density at radius 1 is 1.59 bits per heavy atom. The molecule has 1 aromatic rings. The zero-order valence-corrected chi connectivity index (χ0v) is 11.2. The average molecular weight is 238 g/mol. The van der Waals surface area contributed by atoms with Crippen LogP contribution in [0.1, 0.15) is 44.9 Å². The molecule has 0 spiro atoms. The van der Waals surface area contributed by atoms with Crippen molar-refractivity contribution in [3.05, 3.63) is 17.5 Å². The highest BCUT2D eigenvalue weighted by atomic mass is 16.1. The minimum absolute atomic E-state index is 0.354. The van der Waals surface area contributed by atoms with E-state index in [9.17, 15) is 4.79 Å². The zero-order valence-electron chi connectivity index (χ0n) is 11.2. The minimum atomic E-state index is -0.704. The summed E-state index contributed by atoms with van der Waals surface area (Å²) in [7, 11) is 1.90. The number of nitrogens with two attached hydrogens (primary N) is 1. The summed E-state index contributed by atoms with van der Waals surface area (Å²) in [5.74, 6) is 0.0113. The summed E-state index contributed by atoms with van der Waals surface area (Å²) < 4.78 is 1.80. The molecule has 0 fully saturated rings. The van der Waals surface area contributed by atoms with Crippen molar-refractivity contribution in [2.45, 2.75) is 45.7 Å². The van der Waals surface area contributed by atoms with E-state index in [0.29, 0.717) is 12.5 Å². The second-order valence-electron chi connectivity index (χ2n) is 5.21. The molecule has 5 heteroatoms. The number of nitrogens with one attached hydrogen (secondary N) is 1. The lowest BCUT2D eigenvalue weighted by atomic mass is 10.0. The molecular formula is C12H22N4O. The first kappa shape index (κ1) is 13.7. The average Bonchev–Trinajstić information content (AvgIpc) is 2.56. The van der Waals surface area contributed by atoms with Crippen LogP contribution in [0.2, 0.25) is 0 Å². The Balaban J connectivity index is 2.79. The van der Waals surface area contributed by atoms with Crippen molar-refractivity contribution in [2.75, 3.05) is 0 Å². The van der Waals surface area contributed by atoms with Crippen molar-refractivity contribution in [3.63, 3.8) is 0 Å². The van der Waals surface area contributed by atoms with Crippen molar-refractivity contribution >= 4 is 5.91 Å². The number of hydrogen-bond acceptors (Lipinski definition) is 3. The van der Waals surface area contributed by atoms with Crippen LogP contribution in [-0.4, -0.2) is 21.2 Å². The minimum Gasteiger partial charge on any atom is -0.368 e. The Labute approximate surface area is 102 Å². The molecule has 0 bridgehead atoms. The van der Waals surface area contributed by atoms with Gasteiger partial charge in [-0.15, -0.1) is 0 Å². The standard InChI is InChI=1S/C12H22N4O/c1-8(2)10-9(7-16(5)15-10)6-14-12(3,4)11(13)17/h7-8,14H,6H2,1-5H3,(H2,13,17). The van der Waals surface area contributed by atoms with Crippen LogP contribution >= 0.6 is 0 Å². The molecule has 96 valence electrons. The van der Waals surface area contributed by atoms with Crippen molar-refractivity contribution in [1.29, 1.82) is 0 Å². The van der Waals surface area contributed by atoms with Gasteiger partial charge in [0.25, 0.3) is 0 Å². The van der Waals surface area contributed by atoms with Gasteiger partial charge in [0.15, 0.2) is 0 Å². The summed E-state index contributed by atoms with van der Waals surface area (Å²) in [5.41, 5.74) is 6.77. The van der Waals surface area contributed by atoms with Crippen LogP contribution in [0, 0.1) is 0 Å². The molecular weight excluding hydrogens is 216 g/mol. The summed E-state index contributed by atoms with van der Waals surface area (Å²) in [5, 5.41) is 7.57. The molecule has 0 aromatic carbocycles. The van der Waals surface area contributed by atoms with E-state index < -0.39 is 5.54 Å². The highest BCUT2D eigenvalue weighted by molar-refractivity contribution is 5.83. The maximum absolute atomic E-state index is 11.2. The number of carbonyl (C=O) groups excluding carboxylic acids is 1. The van der Waals surface area contributed by atoms with Crippen molar-refractivity contribution in [3.8, 4) is 0 Å². The number of primary amides is 1. The summed E-state index contributed by atoms with van der Waals surface area (Å²) in [6.45, 7) is 8.36. The normalized spacial score (nSPS) is 12.1. The molecule has 0 unspecified atom stereocenters. The Bertz CT molecular complexity index is 407. The predicted octanol–water partition coefficient (Wildman–Crippen LogP) is 0.897. The van der Waals surface area contributed by atoms with E-state index in [2.05, 4.69) is 24.3 Å². The topological polar surface area (TPSA) is 72.9 Å². The number of nitrogens with zero attached hydrogens (tertiary/aromatic N) is 2. The molecule has 1 aromatic heterocycles. The summed E-state index contributed by atoms with van der Waals surface area (Å²) >= 11 is 0. The van der Waals surface area contributed by atoms with Crippen molar-refractivity contribution < 1.29 is 4.79 Å². The Kier molecular flexibility index (Phi) is 3.93. The van der Waals surface area contributed by atoms with Gasteiger partial charge in [-0.3, -0.25) is 14.8 Å². The van der Waals surface area contributed by atoms with Gasteiger partial charge in [0, 0.05) is 25.4 Å². The van der Waals surface area contributed by atoms with Gasteiger partial charge >= 0.3 is 0 Å². The van der Waals surface area contributed by atoms with Gasteiger partial charge in [-0.05, 0) is 19.8 Å². The van der Waals surface area contributed by atoms with Gasteiger partial charge in [0.1, 0.15) is 0 Å². The third-order valence-corrected chi connectivity index (χ3v) is 2.82. The molecule has 0 saturated carbocycles. The van der Waals surface area contributed by atoms with Crippen LogP contribution in [0.15, 0.2) is 6.20 Å². The predicted molar refractivity (Wildman–Crippen MR) is 67.4 cm³/mol. The first-order valence-electron chi connectivity index (χ1n) is 5.81. The molecule has 1 amide bonds. The van der Waals surface area contributed by atoms with Crippen LogP contribution in [0.5, 0.6) is 0 Å². The van der Waals surface area contributed by atoms with Gasteiger partial charge in [-0.2, -0.15) is 5.10 Å². The Morgan fingerprint density at radius 3 is 2.65 bits per heavy atom. The van der Waals surface area contributed by atoms with Crippen molar-refractivity contribution in [1.82, 2.24) is 15.1 Å². The highest BCUT2D eigenvalue weighted by Gasteiger charge is 2.24. The second-order valence-corrected chi connectivity index (χ2v) is 5.21. The number of hydrogen-bond donors (Lipinski definition) is 2. The van der Waals surface area contributed by atoms with Crippen LogP contribution < -0.4 is 11.1 Å². The molecule has 1 heterocycles. The van der Waals surface area contributed by atoms with Gasteiger partial charge in [-0.1, -0.05) is 13.8 Å². The number of aryl methyl sites for hydroxylation is 1. The SMILES string of the molecule is CC(C)c1nn(C)cc1CNC(C)(C)C(N)=O.